The van der Waals surface area contributed by atoms with Gasteiger partial charge in [-0.3, -0.25) is 9.48 Å². The van der Waals surface area contributed by atoms with Crippen molar-refractivity contribution in [2.75, 3.05) is 6.54 Å². The van der Waals surface area contributed by atoms with Crippen molar-refractivity contribution < 1.29 is 9.53 Å². The number of ether oxygens (including phenoxy) is 1. The van der Waals surface area contributed by atoms with Crippen molar-refractivity contribution in [3.63, 3.8) is 0 Å². The Morgan fingerprint density at radius 3 is 2.72 bits per heavy atom. The second kappa shape index (κ2) is 6.00. The molecule has 0 spiro atoms. The zero-order valence-corrected chi connectivity index (χ0v) is 11.6. The summed E-state index contributed by atoms with van der Waals surface area (Å²) in [5.41, 5.74) is 6.21. The molecular formula is C13H23N3O2. The molecular weight excluding hydrogens is 230 g/mol. The van der Waals surface area contributed by atoms with Crippen molar-refractivity contribution in [1.82, 2.24) is 9.78 Å². The first-order chi connectivity index (χ1) is 8.37. The lowest BCUT2D eigenvalue weighted by atomic mass is 10.0. The third-order valence-electron chi connectivity index (χ3n) is 2.58. The van der Waals surface area contributed by atoms with Crippen LogP contribution in [0.2, 0.25) is 0 Å². The van der Waals surface area contributed by atoms with E-state index in [4.69, 9.17) is 10.5 Å². The van der Waals surface area contributed by atoms with E-state index < -0.39 is 5.60 Å². The van der Waals surface area contributed by atoms with Crippen LogP contribution in [0.15, 0.2) is 12.3 Å². The summed E-state index contributed by atoms with van der Waals surface area (Å²) in [5.74, 6) is -0.555. The van der Waals surface area contributed by atoms with Gasteiger partial charge >= 0.3 is 5.97 Å². The highest BCUT2D eigenvalue weighted by Crippen LogP contribution is 2.14. The molecule has 1 aromatic rings. The number of rotatable bonds is 5. The maximum atomic E-state index is 12.0. The fourth-order valence-corrected chi connectivity index (χ4v) is 1.72. The molecule has 2 N–H and O–H groups in total. The molecule has 0 fully saturated rings. The Morgan fingerprint density at radius 1 is 1.56 bits per heavy atom. The minimum atomic E-state index is -0.477. The summed E-state index contributed by atoms with van der Waals surface area (Å²) < 4.78 is 7.23. The summed E-state index contributed by atoms with van der Waals surface area (Å²) in [5, 5.41) is 4.18. The van der Waals surface area contributed by atoms with Crippen molar-refractivity contribution >= 4 is 5.97 Å². The molecule has 1 heterocycles. The molecule has 1 unspecified atom stereocenters. The van der Waals surface area contributed by atoms with E-state index in [-0.39, 0.29) is 18.4 Å². The predicted molar refractivity (Wildman–Crippen MR) is 70.0 cm³/mol. The van der Waals surface area contributed by atoms with E-state index in [1.54, 1.807) is 6.20 Å². The van der Waals surface area contributed by atoms with Crippen LogP contribution in [0.5, 0.6) is 0 Å². The Labute approximate surface area is 108 Å². The van der Waals surface area contributed by atoms with Gasteiger partial charge in [-0.05, 0) is 33.8 Å². The largest absolute Gasteiger partial charge is 0.460 e. The molecule has 0 saturated carbocycles. The molecule has 1 atom stereocenters. The zero-order chi connectivity index (χ0) is 13.8. The first-order valence-corrected chi connectivity index (χ1v) is 6.31. The van der Waals surface area contributed by atoms with Crippen LogP contribution in [0.3, 0.4) is 0 Å². The van der Waals surface area contributed by atoms with Crippen LogP contribution in [-0.4, -0.2) is 27.9 Å². The Balaban J connectivity index is 2.70. The molecule has 5 nitrogen and oxygen atoms in total. The van der Waals surface area contributed by atoms with Crippen molar-refractivity contribution in [2.24, 2.45) is 11.7 Å². The highest BCUT2D eigenvalue weighted by molar-refractivity contribution is 5.73. The second-order valence-electron chi connectivity index (χ2n) is 5.31. The molecule has 1 rings (SSSR count). The van der Waals surface area contributed by atoms with Gasteiger partial charge in [0.2, 0.25) is 0 Å². The molecule has 0 saturated heterocycles. The summed E-state index contributed by atoms with van der Waals surface area (Å²) >= 11 is 0. The first-order valence-electron chi connectivity index (χ1n) is 6.31. The molecule has 0 aliphatic heterocycles. The van der Waals surface area contributed by atoms with E-state index in [2.05, 4.69) is 5.10 Å². The van der Waals surface area contributed by atoms with E-state index in [0.29, 0.717) is 6.42 Å². The van der Waals surface area contributed by atoms with Gasteiger partial charge in [0.15, 0.2) is 0 Å². The van der Waals surface area contributed by atoms with Crippen LogP contribution in [0.1, 0.15) is 33.4 Å². The number of hydrogen-bond donors (Lipinski definition) is 1. The van der Waals surface area contributed by atoms with E-state index >= 15 is 0 Å². The SMILES string of the molecule is CCn1nccc1CC(CN)C(=O)OC(C)(C)C. The van der Waals surface area contributed by atoms with Crippen LogP contribution >= 0.6 is 0 Å². The molecule has 0 aromatic carbocycles. The molecule has 0 aliphatic rings. The van der Waals surface area contributed by atoms with Gasteiger partial charge in [0.25, 0.3) is 0 Å². The summed E-state index contributed by atoms with van der Waals surface area (Å²) in [6, 6.07) is 1.91. The molecule has 0 aliphatic carbocycles. The Morgan fingerprint density at radius 2 is 2.22 bits per heavy atom. The van der Waals surface area contributed by atoms with Gasteiger partial charge in [0.05, 0.1) is 5.92 Å². The third-order valence-corrected chi connectivity index (χ3v) is 2.58. The maximum Gasteiger partial charge on any atom is 0.311 e. The lowest BCUT2D eigenvalue weighted by Crippen LogP contribution is -2.34. The summed E-state index contributed by atoms with van der Waals surface area (Å²) in [7, 11) is 0. The predicted octanol–water partition coefficient (Wildman–Crippen LogP) is 1.36. The topological polar surface area (TPSA) is 70.1 Å². The normalized spacial score (nSPS) is 13.4. The van der Waals surface area contributed by atoms with Gasteiger partial charge < -0.3 is 10.5 Å². The quantitative estimate of drug-likeness (QED) is 0.804. The highest BCUT2D eigenvalue weighted by Gasteiger charge is 2.25. The average molecular weight is 253 g/mol. The van der Waals surface area contributed by atoms with Crippen molar-refractivity contribution in [3.8, 4) is 0 Å². The van der Waals surface area contributed by atoms with Gasteiger partial charge in [0, 0.05) is 31.4 Å². The van der Waals surface area contributed by atoms with Gasteiger partial charge in [-0.2, -0.15) is 5.10 Å². The van der Waals surface area contributed by atoms with E-state index in [1.807, 2.05) is 38.4 Å². The van der Waals surface area contributed by atoms with Gasteiger partial charge in [0.1, 0.15) is 5.60 Å². The number of aromatic nitrogens is 2. The number of nitrogens with zero attached hydrogens (tertiary/aromatic N) is 2. The van der Waals surface area contributed by atoms with E-state index in [9.17, 15) is 4.79 Å². The second-order valence-corrected chi connectivity index (χ2v) is 5.31. The number of carbonyl (C=O) groups is 1. The smallest absolute Gasteiger partial charge is 0.311 e. The lowest BCUT2D eigenvalue weighted by molar-refractivity contribution is -0.159. The van der Waals surface area contributed by atoms with Gasteiger partial charge in [-0.1, -0.05) is 0 Å². The number of hydrogen-bond acceptors (Lipinski definition) is 4. The van der Waals surface area contributed by atoms with Gasteiger partial charge in [-0.25, -0.2) is 0 Å². The molecule has 5 heteroatoms. The number of nitrogens with two attached hydrogens (primary N) is 1. The average Bonchev–Trinajstić information content (AvgIpc) is 2.70. The number of carbonyl (C=O) groups excluding carboxylic acids is 1. The third kappa shape index (κ3) is 4.14. The van der Waals surface area contributed by atoms with Crippen LogP contribution in [0, 0.1) is 5.92 Å². The molecule has 0 bridgehead atoms. The van der Waals surface area contributed by atoms with Crippen LogP contribution in [0.4, 0.5) is 0 Å². The molecule has 102 valence electrons. The van der Waals surface area contributed by atoms with Crippen LogP contribution < -0.4 is 5.73 Å². The fourth-order valence-electron chi connectivity index (χ4n) is 1.72. The minimum absolute atomic E-state index is 0.242. The minimum Gasteiger partial charge on any atom is -0.460 e. The summed E-state index contributed by atoms with van der Waals surface area (Å²) in [4.78, 5) is 12.0. The summed E-state index contributed by atoms with van der Waals surface area (Å²) in [6.45, 7) is 8.65. The fraction of sp³-hybridized carbons (Fsp3) is 0.692. The van der Waals surface area contributed by atoms with Crippen LogP contribution in [-0.2, 0) is 22.5 Å². The molecule has 18 heavy (non-hydrogen) atoms. The number of aryl methyl sites for hydroxylation is 1. The monoisotopic (exact) mass is 253 g/mol. The van der Waals surface area contributed by atoms with Crippen LogP contribution in [0.25, 0.3) is 0 Å². The van der Waals surface area contributed by atoms with E-state index in [1.165, 1.54) is 0 Å². The first kappa shape index (κ1) is 14.7. The molecule has 1 aromatic heterocycles. The highest BCUT2D eigenvalue weighted by atomic mass is 16.6. The zero-order valence-electron chi connectivity index (χ0n) is 11.6. The lowest BCUT2D eigenvalue weighted by Gasteiger charge is -2.23. The van der Waals surface area contributed by atoms with Crippen molar-refractivity contribution in [1.29, 1.82) is 0 Å². The Kier molecular flexibility index (Phi) is 4.90. The Bertz CT molecular complexity index is 393. The Hall–Kier alpha value is -1.36. The van der Waals surface area contributed by atoms with E-state index in [0.717, 1.165) is 12.2 Å². The van der Waals surface area contributed by atoms with Crippen molar-refractivity contribution in [3.05, 3.63) is 18.0 Å². The molecule has 0 amide bonds. The van der Waals surface area contributed by atoms with Gasteiger partial charge in [-0.15, -0.1) is 0 Å². The number of esters is 1. The molecule has 0 radical (unpaired) electrons. The summed E-state index contributed by atoms with van der Waals surface area (Å²) in [6.07, 6.45) is 2.31. The maximum absolute atomic E-state index is 12.0. The standard InChI is InChI=1S/C13H23N3O2/c1-5-16-11(6-7-15-16)8-10(9-14)12(17)18-13(2,3)4/h6-7,10H,5,8-9,14H2,1-4H3. The van der Waals surface area contributed by atoms with Crippen molar-refractivity contribution in [2.45, 2.75) is 46.3 Å².